The summed E-state index contributed by atoms with van der Waals surface area (Å²) in [5.41, 5.74) is 3.99. The van der Waals surface area contributed by atoms with Crippen molar-refractivity contribution in [1.82, 2.24) is 10.4 Å². The zero-order valence-electron chi connectivity index (χ0n) is 15.5. The number of hydrogen-bond acceptors (Lipinski definition) is 4. The van der Waals surface area contributed by atoms with Gasteiger partial charge in [0.1, 0.15) is 11.9 Å². The number of carbonyl (C=O) groups excluding carboxylic acids is 2. The highest BCUT2D eigenvalue weighted by atomic mass is 16.5. The number of benzene rings is 3. The third-order valence-electron chi connectivity index (χ3n) is 4.75. The number of hydrazine groups is 1. The normalized spacial score (nSPS) is 15.7. The van der Waals surface area contributed by atoms with Crippen molar-refractivity contribution in [3.63, 3.8) is 0 Å². The second-order valence-electron chi connectivity index (χ2n) is 6.59. The SMILES string of the molecule is CCC1Nc2ccccc2C(=O)N1NC(=O)COc1cccc2ccccc12. The first-order valence-electron chi connectivity index (χ1n) is 9.26. The average molecular weight is 375 g/mol. The van der Waals surface area contributed by atoms with Crippen LogP contribution in [-0.2, 0) is 4.79 Å². The maximum absolute atomic E-state index is 12.8. The van der Waals surface area contributed by atoms with Crippen LogP contribution in [0.2, 0.25) is 0 Å². The summed E-state index contributed by atoms with van der Waals surface area (Å²) in [7, 11) is 0. The van der Waals surface area contributed by atoms with E-state index < -0.39 is 0 Å². The van der Waals surface area contributed by atoms with E-state index in [1.807, 2.05) is 61.5 Å². The van der Waals surface area contributed by atoms with Crippen LogP contribution in [0.1, 0.15) is 23.7 Å². The van der Waals surface area contributed by atoms with E-state index in [-0.39, 0.29) is 24.6 Å². The molecule has 2 N–H and O–H groups in total. The van der Waals surface area contributed by atoms with E-state index >= 15 is 0 Å². The fraction of sp³-hybridized carbons (Fsp3) is 0.182. The first-order valence-corrected chi connectivity index (χ1v) is 9.26. The van der Waals surface area contributed by atoms with Crippen LogP contribution in [0, 0.1) is 0 Å². The minimum atomic E-state index is -0.388. The summed E-state index contributed by atoms with van der Waals surface area (Å²) in [5, 5.41) is 6.60. The molecule has 3 aromatic rings. The smallest absolute Gasteiger partial charge is 0.276 e. The number of hydrogen-bond donors (Lipinski definition) is 2. The molecule has 2 amide bonds. The molecule has 0 saturated carbocycles. The molecule has 142 valence electrons. The second kappa shape index (κ2) is 7.60. The molecule has 6 nitrogen and oxygen atoms in total. The molecular formula is C22H21N3O3. The number of carbonyl (C=O) groups is 2. The number of nitrogens with one attached hydrogen (secondary N) is 2. The third-order valence-corrected chi connectivity index (χ3v) is 4.75. The molecule has 0 spiro atoms. The fourth-order valence-electron chi connectivity index (χ4n) is 3.36. The van der Waals surface area contributed by atoms with Gasteiger partial charge in [-0.1, -0.05) is 55.5 Å². The van der Waals surface area contributed by atoms with Gasteiger partial charge in [-0.05, 0) is 30.0 Å². The standard InChI is InChI=1S/C22H21N3O3/c1-2-20-23-18-12-6-5-11-17(18)22(27)25(20)24-21(26)14-28-19-13-7-9-15-8-3-4-10-16(15)19/h3-13,20,23H,2,14H2,1H3,(H,24,26). The first kappa shape index (κ1) is 17.9. The Labute approximate surface area is 163 Å². The molecule has 0 aromatic heterocycles. The molecule has 0 bridgehead atoms. The van der Waals surface area contributed by atoms with Gasteiger partial charge in [-0.15, -0.1) is 0 Å². The van der Waals surface area contributed by atoms with E-state index in [0.29, 0.717) is 17.7 Å². The molecule has 0 aliphatic carbocycles. The van der Waals surface area contributed by atoms with Gasteiger partial charge in [-0.25, -0.2) is 5.01 Å². The van der Waals surface area contributed by atoms with Gasteiger partial charge in [0.05, 0.1) is 5.56 Å². The quantitative estimate of drug-likeness (QED) is 0.715. The Morgan fingerprint density at radius 1 is 1.07 bits per heavy atom. The van der Waals surface area contributed by atoms with Gasteiger partial charge >= 0.3 is 0 Å². The van der Waals surface area contributed by atoms with Crippen LogP contribution in [0.3, 0.4) is 0 Å². The minimum Gasteiger partial charge on any atom is -0.483 e. The Bertz CT molecular complexity index is 1030. The third kappa shape index (κ3) is 3.36. The van der Waals surface area contributed by atoms with Crippen molar-refractivity contribution in [2.75, 3.05) is 11.9 Å². The van der Waals surface area contributed by atoms with Gasteiger partial charge in [-0.2, -0.15) is 0 Å². The number of fused-ring (bicyclic) bond motifs is 2. The Morgan fingerprint density at radius 2 is 1.82 bits per heavy atom. The van der Waals surface area contributed by atoms with E-state index in [1.165, 1.54) is 5.01 Å². The summed E-state index contributed by atoms with van der Waals surface area (Å²) in [6.07, 6.45) is 0.328. The van der Waals surface area contributed by atoms with E-state index in [0.717, 1.165) is 16.5 Å². The van der Waals surface area contributed by atoms with Crippen molar-refractivity contribution >= 4 is 28.3 Å². The lowest BCUT2D eigenvalue weighted by Gasteiger charge is -2.37. The van der Waals surface area contributed by atoms with Crippen molar-refractivity contribution in [2.24, 2.45) is 0 Å². The van der Waals surface area contributed by atoms with Crippen LogP contribution in [-0.4, -0.2) is 29.6 Å². The van der Waals surface area contributed by atoms with Crippen molar-refractivity contribution < 1.29 is 14.3 Å². The molecule has 4 rings (SSSR count). The van der Waals surface area contributed by atoms with Crippen molar-refractivity contribution in [2.45, 2.75) is 19.5 Å². The van der Waals surface area contributed by atoms with Crippen LogP contribution in [0.15, 0.2) is 66.7 Å². The summed E-state index contributed by atoms with van der Waals surface area (Å²) >= 11 is 0. The molecule has 0 fully saturated rings. The van der Waals surface area contributed by atoms with Crippen LogP contribution in [0.4, 0.5) is 5.69 Å². The highest BCUT2D eigenvalue weighted by Crippen LogP contribution is 2.26. The number of rotatable bonds is 5. The molecule has 1 aliphatic rings. The Balaban J connectivity index is 1.46. The second-order valence-corrected chi connectivity index (χ2v) is 6.59. The van der Waals surface area contributed by atoms with Gasteiger partial charge < -0.3 is 10.1 Å². The number of nitrogens with zero attached hydrogens (tertiary/aromatic N) is 1. The van der Waals surface area contributed by atoms with Crippen molar-refractivity contribution in [3.05, 3.63) is 72.3 Å². The molecule has 0 radical (unpaired) electrons. The molecular weight excluding hydrogens is 354 g/mol. The zero-order chi connectivity index (χ0) is 19.5. The van der Waals surface area contributed by atoms with Gasteiger partial charge in [0.25, 0.3) is 11.8 Å². The highest BCUT2D eigenvalue weighted by Gasteiger charge is 2.32. The van der Waals surface area contributed by atoms with Gasteiger partial charge in [0.15, 0.2) is 6.61 Å². The number of ether oxygens (including phenoxy) is 1. The number of anilines is 1. The summed E-state index contributed by atoms with van der Waals surface area (Å²) in [4.78, 5) is 25.3. The fourth-order valence-corrected chi connectivity index (χ4v) is 3.36. The van der Waals surface area contributed by atoms with Crippen LogP contribution in [0.5, 0.6) is 5.75 Å². The molecule has 0 saturated heterocycles. The summed E-state index contributed by atoms with van der Waals surface area (Å²) in [5.74, 6) is 0.00867. The predicted octanol–water partition coefficient (Wildman–Crippen LogP) is 3.55. The Hall–Kier alpha value is -3.54. The van der Waals surface area contributed by atoms with Crippen LogP contribution < -0.4 is 15.5 Å². The summed E-state index contributed by atoms with van der Waals surface area (Å²) in [6, 6.07) is 20.8. The Kier molecular flexibility index (Phi) is 4.85. The van der Waals surface area contributed by atoms with Crippen molar-refractivity contribution in [3.8, 4) is 5.75 Å². The maximum atomic E-state index is 12.8. The molecule has 6 heteroatoms. The largest absolute Gasteiger partial charge is 0.483 e. The predicted molar refractivity (Wildman–Crippen MR) is 108 cm³/mol. The highest BCUT2D eigenvalue weighted by molar-refractivity contribution is 6.02. The lowest BCUT2D eigenvalue weighted by molar-refractivity contribution is -0.127. The first-order chi connectivity index (χ1) is 13.7. The number of amides is 2. The van der Waals surface area contributed by atoms with Gasteiger partial charge in [0, 0.05) is 11.1 Å². The van der Waals surface area contributed by atoms with Gasteiger partial charge in [-0.3, -0.25) is 15.0 Å². The van der Waals surface area contributed by atoms with E-state index in [9.17, 15) is 9.59 Å². The van der Waals surface area contributed by atoms with Crippen molar-refractivity contribution in [1.29, 1.82) is 0 Å². The molecule has 1 atom stereocenters. The molecule has 3 aromatic carbocycles. The van der Waals surface area contributed by atoms with E-state index in [4.69, 9.17) is 4.74 Å². The van der Waals surface area contributed by atoms with Crippen LogP contribution in [0.25, 0.3) is 10.8 Å². The maximum Gasteiger partial charge on any atom is 0.276 e. The van der Waals surface area contributed by atoms with Crippen LogP contribution >= 0.6 is 0 Å². The topological polar surface area (TPSA) is 70.7 Å². The lowest BCUT2D eigenvalue weighted by atomic mass is 10.1. The minimum absolute atomic E-state index is 0.185. The summed E-state index contributed by atoms with van der Waals surface area (Å²) in [6.45, 7) is 1.76. The monoisotopic (exact) mass is 375 g/mol. The Morgan fingerprint density at radius 3 is 2.68 bits per heavy atom. The summed E-state index contributed by atoms with van der Waals surface area (Å²) < 4.78 is 5.73. The van der Waals surface area contributed by atoms with Gasteiger partial charge in [0.2, 0.25) is 0 Å². The molecule has 1 heterocycles. The zero-order valence-corrected chi connectivity index (χ0v) is 15.5. The van der Waals surface area contributed by atoms with E-state index in [1.54, 1.807) is 12.1 Å². The molecule has 28 heavy (non-hydrogen) atoms. The van der Waals surface area contributed by atoms with E-state index in [2.05, 4.69) is 10.7 Å². The number of para-hydroxylation sites is 1. The molecule has 1 aliphatic heterocycles. The average Bonchev–Trinajstić information content (AvgIpc) is 2.74. The molecule has 1 unspecified atom stereocenters. The lowest BCUT2D eigenvalue weighted by Crippen LogP contribution is -2.57.